The summed E-state index contributed by atoms with van der Waals surface area (Å²) in [5.74, 6) is -1.06. The first-order chi connectivity index (χ1) is 12.1. The highest BCUT2D eigenvalue weighted by Gasteiger charge is 2.19. The molecule has 1 aromatic carbocycles. The van der Waals surface area contributed by atoms with Crippen LogP contribution in [0.4, 0.5) is 0 Å². The van der Waals surface area contributed by atoms with E-state index in [9.17, 15) is 9.90 Å². The van der Waals surface area contributed by atoms with Crippen molar-refractivity contribution in [3.05, 3.63) is 60.2 Å². The van der Waals surface area contributed by atoms with Gasteiger partial charge in [-0.15, -0.1) is 0 Å². The number of benzene rings is 1. The van der Waals surface area contributed by atoms with Crippen molar-refractivity contribution in [3.8, 4) is 22.4 Å². The lowest BCUT2D eigenvalue weighted by molar-refractivity contribution is 0.0687. The largest absolute Gasteiger partial charge is 0.477 e. The monoisotopic (exact) mass is 333 g/mol. The molecule has 0 bridgehead atoms. The van der Waals surface area contributed by atoms with Crippen LogP contribution in [0.5, 0.6) is 0 Å². The van der Waals surface area contributed by atoms with E-state index in [1.54, 1.807) is 17.1 Å². The summed E-state index contributed by atoms with van der Waals surface area (Å²) in [6, 6.07) is 11.2. The van der Waals surface area contributed by atoms with Gasteiger partial charge in [-0.2, -0.15) is 10.2 Å². The zero-order valence-electron chi connectivity index (χ0n) is 13.7. The first-order valence-corrected chi connectivity index (χ1v) is 7.72. The fourth-order valence-corrected chi connectivity index (χ4v) is 2.82. The molecule has 124 valence electrons. The molecule has 1 N–H and O–H groups in total. The molecular formula is C18H15N5O2. The molecule has 0 saturated heterocycles. The van der Waals surface area contributed by atoms with Crippen molar-refractivity contribution >= 4 is 11.6 Å². The zero-order chi connectivity index (χ0) is 17.6. The maximum Gasteiger partial charge on any atom is 0.354 e. The van der Waals surface area contributed by atoms with Gasteiger partial charge in [0.15, 0.2) is 11.3 Å². The zero-order valence-corrected chi connectivity index (χ0v) is 13.7. The number of aryl methyl sites for hydroxylation is 1. The number of fused-ring (bicyclic) bond motifs is 1. The summed E-state index contributed by atoms with van der Waals surface area (Å²) in [6.45, 7) is 1.92. The molecule has 25 heavy (non-hydrogen) atoms. The van der Waals surface area contributed by atoms with Crippen LogP contribution in [0.3, 0.4) is 0 Å². The average Bonchev–Trinajstić information content (AvgIpc) is 3.19. The van der Waals surface area contributed by atoms with Gasteiger partial charge in [-0.05, 0) is 18.6 Å². The van der Waals surface area contributed by atoms with Gasteiger partial charge in [0, 0.05) is 23.9 Å². The van der Waals surface area contributed by atoms with Gasteiger partial charge < -0.3 is 5.11 Å². The number of carboxylic acid groups (broad SMARTS) is 1. The van der Waals surface area contributed by atoms with Crippen molar-refractivity contribution in [2.24, 2.45) is 7.05 Å². The predicted octanol–water partition coefficient (Wildman–Crippen LogP) is 2.80. The molecule has 0 radical (unpaired) electrons. The summed E-state index contributed by atoms with van der Waals surface area (Å²) in [4.78, 5) is 16.4. The van der Waals surface area contributed by atoms with E-state index in [0.29, 0.717) is 11.3 Å². The smallest absolute Gasteiger partial charge is 0.354 e. The van der Waals surface area contributed by atoms with Crippen LogP contribution in [0, 0.1) is 6.92 Å². The van der Waals surface area contributed by atoms with E-state index >= 15 is 0 Å². The van der Waals surface area contributed by atoms with Crippen molar-refractivity contribution in [2.45, 2.75) is 6.92 Å². The molecule has 4 aromatic rings. The van der Waals surface area contributed by atoms with E-state index in [4.69, 9.17) is 0 Å². The highest BCUT2D eigenvalue weighted by molar-refractivity contribution is 5.90. The van der Waals surface area contributed by atoms with Crippen molar-refractivity contribution in [1.82, 2.24) is 24.4 Å². The highest BCUT2D eigenvalue weighted by Crippen LogP contribution is 2.28. The number of hydrogen-bond donors (Lipinski definition) is 1. The summed E-state index contributed by atoms with van der Waals surface area (Å²) < 4.78 is 3.09. The molecule has 0 spiro atoms. The quantitative estimate of drug-likeness (QED) is 0.623. The fraction of sp³-hybridized carbons (Fsp3) is 0.111. The van der Waals surface area contributed by atoms with Crippen LogP contribution in [-0.4, -0.2) is 35.5 Å². The van der Waals surface area contributed by atoms with Crippen LogP contribution in [0.15, 0.2) is 48.8 Å². The number of aromatic carboxylic acids is 1. The standard InChI is InChI=1S/C18H15N5O2/c1-11-13(9-19-22(11)2)15-8-16(18(24)25)23-17(21-15)14(10-20-23)12-6-4-3-5-7-12/h3-10H,1-2H3,(H,24,25). The van der Waals surface area contributed by atoms with Crippen LogP contribution < -0.4 is 0 Å². The molecule has 4 rings (SSSR count). The van der Waals surface area contributed by atoms with Crippen molar-refractivity contribution in [1.29, 1.82) is 0 Å². The molecule has 0 aliphatic heterocycles. The summed E-state index contributed by atoms with van der Waals surface area (Å²) in [6.07, 6.45) is 3.34. The third-order valence-electron chi connectivity index (χ3n) is 4.29. The molecule has 0 amide bonds. The first-order valence-electron chi connectivity index (χ1n) is 7.72. The molecule has 3 heterocycles. The van der Waals surface area contributed by atoms with Gasteiger partial charge in [-0.25, -0.2) is 14.3 Å². The Bertz CT molecular complexity index is 1100. The Morgan fingerprint density at radius 3 is 2.44 bits per heavy atom. The lowest BCUT2D eigenvalue weighted by Gasteiger charge is -2.06. The summed E-state index contributed by atoms with van der Waals surface area (Å²) in [5.41, 5.74) is 4.55. The topological polar surface area (TPSA) is 85.3 Å². The normalized spacial score (nSPS) is 11.1. The minimum absolute atomic E-state index is 0.0606. The van der Waals surface area contributed by atoms with Gasteiger partial charge in [0.25, 0.3) is 0 Å². The highest BCUT2D eigenvalue weighted by atomic mass is 16.4. The minimum atomic E-state index is -1.06. The number of rotatable bonds is 3. The molecule has 0 aliphatic carbocycles. The van der Waals surface area contributed by atoms with Crippen molar-refractivity contribution in [2.75, 3.05) is 0 Å². The van der Waals surface area contributed by atoms with Crippen LogP contribution >= 0.6 is 0 Å². The van der Waals surface area contributed by atoms with Gasteiger partial charge in [0.2, 0.25) is 0 Å². The number of aromatic nitrogens is 5. The number of nitrogens with zero attached hydrogens (tertiary/aromatic N) is 5. The Hall–Kier alpha value is -3.48. The second kappa shape index (κ2) is 5.55. The molecule has 0 fully saturated rings. The summed E-state index contributed by atoms with van der Waals surface area (Å²) >= 11 is 0. The van der Waals surface area contributed by atoms with E-state index in [0.717, 1.165) is 22.4 Å². The maximum atomic E-state index is 11.7. The minimum Gasteiger partial charge on any atom is -0.477 e. The van der Waals surface area contributed by atoms with Crippen molar-refractivity contribution in [3.63, 3.8) is 0 Å². The molecular weight excluding hydrogens is 318 g/mol. The number of carbonyl (C=O) groups is 1. The summed E-state index contributed by atoms with van der Waals surface area (Å²) in [7, 11) is 1.84. The lowest BCUT2D eigenvalue weighted by Crippen LogP contribution is -2.08. The first kappa shape index (κ1) is 15.1. The Kier molecular flexibility index (Phi) is 3.35. The lowest BCUT2D eigenvalue weighted by atomic mass is 10.1. The summed E-state index contributed by atoms with van der Waals surface area (Å²) in [5, 5.41) is 18.1. The van der Waals surface area contributed by atoms with Gasteiger partial charge >= 0.3 is 5.97 Å². The van der Waals surface area contributed by atoms with Crippen LogP contribution in [0.1, 0.15) is 16.2 Å². The second-order valence-corrected chi connectivity index (χ2v) is 5.76. The van der Waals surface area contributed by atoms with E-state index in [1.165, 1.54) is 10.6 Å². The molecule has 0 atom stereocenters. The molecule has 0 saturated carbocycles. The van der Waals surface area contributed by atoms with Crippen LogP contribution in [-0.2, 0) is 7.05 Å². The molecule has 3 aromatic heterocycles. The number of carboxylic acids is 1. The molecule has 7 heteroatoms. The van der Waals surface area contributed by atoms with E-state index < -0.39 is 5.97 Å². The van der Waals surface area contributed by atoms with Gasteiger partial charge in [-0.3, -0.25) is 4.68 Å². The van der Waals surface area contributed by atoms with Crippen LogP contribution in [0.25, 0.3) is 28.0 Å². The van der Waals surface area contributed by atoms with Gasteiger partial charge in [-0.1, -0.05) is 30.3 Å². The second-order valence-electron chi connectivity index (χ2n) is 5.76. The Morgan fingerprint density at radius 1 is 1.08 bits per heavy atom. The SMILES string of the molecule is Cc1c(-c2cc(C(=O)O)n3ncc(-c4ccccc4)c3n2)cnn1C. The van der Waals surface area contributed by atoms with E-state index in [2.05, 4.69) is 15.2 Å². The third-order valence-corrected chi connectivity index (χ3v) is 4.29. The van der Waals surface area contributed by atoms with Crippen molar-refractivity contribution < 1.29 is 9.90 Å². The maximum absolute atomic E-state index is 11.7. The van der Waals surface area contributed by atoms with Gasteiger partial charge in [0.1, 0.15) is 0 Å². The van der Waals surface area contributed by atoms with Gasteiger partial charge in [0.05, 0.1) is 18.1 Å². The Labute approximate surface area is 143 Å². The van der Waals surface area contributed by atoms with E-state index in [1.807, 2.05) is 44.3 Å². The Morgan fingerprint density at radius 2 is 1.80 bits per heavy atom. The number of hydrogen-bond acceptors (Lipinski definition) is 4. The molecule has 0 unspecified atom stereocenters. The van der Waals surface area contributed by atoms with E-state index in [-0.39, 0.29) is 5.69 Å². The third kappa shape index (κ3) is 2.37. The average molecular weight is 333 g/mol. The molecule has 7 nitrogen and oxygen atoms in total. The van der Waals surface area contributed by atoms with Crippen LogP contribution in [0.2, 0.25) is 0 Å². The predicted molar refractivity (Wildman–Crippen MR) is 92.3 cm³/mol. The Balaban J connectivity index is 2.03. The fourth-order valence-electron chi connectivity index (χ4n) is 2.82. The molecule has 0 aliphatic rings.